The fourth-order valence-corrected chi connectivity index (χ4v) is 4.16. The standard InChI is InChI=1S/C15H12BrFO3.C13H10BrFO2.C4H8O.CH4.FH.Na.H2O/c1-10(18)19-9-11-8-14(6-7-15(11)16)20-13-4-2-12(17)3-5-13;14-13-6-5-12(7-9(13)8-16)17-11-3-1-10(15)2-4-11;1-2-4-5-3-1;;;;/h2-8H,9H2,1H3;1-7,16H,8H2;1-4H2;1H4;1H;;1H2/q;;;;;+1;/p-1. The SMILES string of the molecule is C.C1CCOC1.CC(=O)OCc1cc(Oc2ccc(F)cc2)ccc1Br.F.OCc1cc(Oc2ccc(F)cc2)ccc1Br.[Na+].[OH-]. The van der Waals surface area contributed by atoms with Crippen molar-refractivity contribution in [3.8, 4) is 23.0 Å². The van der Waals surface area contributed by atoms with Crippen LogP contribution in [-0.2, 0) is 27.5 Å². The van der Waals surface area contributed by atoms with Crippen molar-refractivity contribution in [3.05, 3.63) is 117 Å². The van der Waals surface area contributed by atoms with E-state index in [2.05, 4.69) is 31.9 Å². The van der Waals surface area contributed by atoms with Crippen LogP contribution >= 0.6 is 31.9 Å². The average Bonchev–Trinajstić information content (AvgIpc) is 3.58. The maximum atomic E-state index is 12.8. The van der Waals surface area contributed by atoms with Gasteiger partial charge >= 0.3 is 35.5 Å². The van der Waals surface area contributed by atoms with Gasteiger partial charge in [0.05, 0.1) is 6.61 Å². The molecule has 1 fully saturated rings. The van der Waals surface area contributed by atoms with Gasteiger partial charge in [0.1, 0.15) is 41.2 Å². The smallest absolute Gasteiger partial charge is 0.870 e. The normalized spacial score (nSPS) is 10.8. The van der Waals surface area contributed by atoms with Gasteiger partial charge in [-0.15, -0.1) is 0 Å². The predicted octanol–water partition coefficient (Wildman–Crippen LogP) is 6.73. The van der Waals surface area contributed by atoms with Gasteiger partial charge in [0.15, 0.2) is 0 Å². The van der Waals surface area contributed by atoms with Gasteiger partial charge in [-0.25, -0.2) is 8.78 Å². The zero-order valence-corrected chi connectivity index (χ0v) is 29.9. The Morgan fingerprint density at radius 2 is 1.15 bits per heavy atom. The zero-order chi connectivity index (χ0) is 30.3. The van der Waals surface area contributed by atoms with E-state index in [1.165, 1.54) is 44.0 Å². The molecule has 0 aliphatic carbocycles. The molecule has 0 bridgehead atoms. The summed E-state index contributed by atoms with van der Waals surface area (Å²) in [6.45, 7) is 3.45. The minimum absolute atomic E-state index is 0. The molecule has 0 unspecified atom stereocenters. The van der Waals surface area contributed by atoms with Crippen molar-refractivity contribution in [2.45, 2.75) is 40.4 Å². The average molecular weight is 784 g/mol. The van der Waals surface area contributed by atoms with Crippen LogP contribution in [0.4, 0.5) is 13.5 Å². The van der Waals surface area contributed by atoms with Crippen LogP contribution in [0.15, 0.2) is 93.9 Å². The van der Waals surface area contributed by atoms with Crippen LogP contribution in [0.25, 0.3) is 0 Å². The van der Waals surface area contributed by atoms with E-state index in [0.717, 1.165) is 33.3 Å². The number of aliphatic hydroxyl groups excluding tert-OH is 1. The predicted molar refractivity (Wildman–Crippen MR) is 174 cm³/mol. The summed E-state index contributed by atoms with van der Waals surface area (Å²) in [5.74, 6) is 1.31. The summed E-state index contributed by atoms with van der Waals surface area (Å²) < 4.78 is 48.2. The zero-order valence-electron chi connectivity index (χ0n) is 24.7. The molecule has 1 aliphatic heterocycles. The monoisotopic (exact) mass is 782 g/mol. The van der Waals surface area contributed by atoms with Gasteiger partial charge in [0.2, 0.25) is 0 Å². The molecule has 0 atom stereocenters. The second-order valence-electron chi connectivity index (χ2n) is 8.88. The second kappa shape index (κ2) is 24.7. The number of hydrogen-bond acceptors (Lipinski definition) is 7. The third-order valence-electron chi connectivity index (χ3n) is 5.56. The molecule has 0 aromatic heterocycles. The minimum atomic E-state index is -0.346. The molecule has 7 nitrogen and oxygen atoms in total. The van der Waals surface area contributed by atoms with E-state index in [9.17, 15) is 13.6 Å². The quantitative estimate of drug-likeness (QED) is 0.164. The first-order valence-corrected chi connectivity index (χ1v) is 14.6. The summed E-state index contributed by atoms with van der Waals surface area (Å²) >= 11 is 6.70. The Hall–Kier alpha value is -2.42. The number of aliphatic hydroxyl groups is 1. The first-order chi connectivity index (χ1) is 20.2. The summed E-state index contributed by atoms with van der Waals surface area (Å²) in [5, 5.41) is 9.11. The number of carbonyl (C=O) groups excluding carboxylic acids is 1. The first kappa shape index (κ1) is 45.7. The van der Waals surface area contributed by atoms with Crippen molar-refractivity contribution in [1.29, 1.82) is 0 Å². The molecule has 4 aromatic rings. The van der Waals surface area contributed by atoms with Gasteiger partial charge in [0, 0.05) is 34.6 Å². The van der Waals surface area contributed by atoms with Crippen molar-refractivity contribution >= 4 is 37.8 Å². The van der Waals surface area contributed by atoms with Gasteiger partial charge < -0.3 is 29.5 Å². The van der Waals surface area contributed by atoms with E-state index < -0.39 is 0 Å². The van der Waals surface area contributed by atoms with E-state index in [1.54, 1.807) is 60.7 Å². The summed E-state index contributed by atoms with van der Waals surface area (Å²) in [6.07, 6.45) is 2.56. The van der Waals surface area contributed by atoms with Crippen molar-refractivity contribution in [2.75, 3.05) is 13.2 Å². The molecule has 1 saturated heterocycles. The summed E-state index contributed by atoms with van der Waals surface area (Å²) in [7, 11) is 0. The Balaban J connectivity index is 0. The fourth-order valence-electron chi connectivity index (χ4n) is 3.43. The van der Waals surface area contributed by atoms with E-state index >= 15 is 0 Å². The van der Waals surface area contributed by atoms with E-state index in [-0.39, 0.29) is 78.0 Å². The molecule has 1 aliphatic rings. The van der Waals surface area contributed by atoms with Crippen molar-refractivity contribution in [3.63, 3.8) is 0 Å². The van der Waals surface area contributed by atoms with Crippen molar-refractivity contribution in [1.82, 2.24) is 0 Å². The van der Waals surface area contributed by atoms with E-state index in [4.69, 9.17) is 24.1 Å². The molecule has 5 rings (SSSR count). The summed E-state index contributed by atoms with van der Waals surface area (Å²) in [6, 6.07) is 22.1. The summed E-state index contributed by atoms with van der Waals surface area (Å²) in [4.78, 5) is 10.8. The third kappa shape index (κ3) is 16.9. The number of halogens is 5. The number of hydrogen-bond donors (Lipinski definition) is 1. The van der Waals surface area contributed by atoms with Crippen molar-refractivity contribution in [2.24, 2.45) is 0 Å². The fraction of sp³-hybridized carbons (Fsp3) is 0.242. The number of esters is 1. The second-order valence-corrected chi connectivity index (χ2v) is 10.6. The molecule has 0 amide bonds. The molecule has 0 radical (unpaired) electrons. The third-order valence-corrected chi connectivity index (χ3v) is 7.11. The Kier molecular flexibility index (Phi) is 24.6. The van der Waals surface area contributed by atoms with Gasteiger partial charge in [-0.2, -0.15) is 0 Å². The van der Waals surface area contributed by atoms with Crippen LogP contribution in [-0.4, -0.2) is 29.8 Å². The Labute approximate surface area is 306 Å². The van der Waals surface area contributed by atoms with E-state index in [0.29, 0.717) is 23.0 Å². The molecule has 46 heavy (non-hydrogen) atoms. The minimum Gasteiger partial charge on any atom is -0.870 e. The van der Waals surface area contributed by atoms with Gasteiger partial charge in [0.25, 0.3) is 0 Å². The Morgan fingerprint density at radius 3 is 1.52 bits per heavy atom. The Bertz CT molecular complexity index is 1420. The largest absolute Gasteiger partial charge is 1.00 e. The number of carbonyl (C=O) groups is 1. The van der Waals surface area contributed by atoms with Gasteiger partial charge in [-0.3, -0.25) is 9.50 Å². The topological polar surface area (TPSA) is 104 Å². The molecule has 4 aromatic carbocycles. The first-order valence-electron chi connectivity index (χ1n) is 13.0. The number of benzene rings is 4. The number of rotatable bonds is 7. The van der Waals surface area contributed by atoms with Crippen LogP contribution < -0.4 is 39.0 Å². The van der Waals surface area contributed by atoms with Crippen LogP contribution in [0.2, 0.25) is 0 Å². The molecule has 2 N–H and O–H groups in total. The van der Waals surface area contributed by atoms with Crippen LogP contribution in [0.3, 0.4) is 0 Å². The van der Waals surface area contributed by atoms with Crippen molar-refractivity contribution < 1.29 is 77.4 Å². The molecule has 0 saturated carbocycles. The van der Waals surface area contributed by atoms with Crippen LogP contribution in [0, 0.1) is 11.6 Å². The maximum Gasteiger partial charge on any atom is 1.00 e. The van der Waals surface area contributed by atoms with E-state index in [1.807, 2.05) is 0 Å². The summed E-state index contributed by atoms with van der Waals surface area (Å²) in [5.41, 5.74) is 1.53. The molecular weight excluding hydrogens is 748 g/mol. The molecule has 13 heteroatoms. The van der Waals surface area contributed by atoms with Gasteiger partial charge in [-0.05, 0) is 103 Å². The molecule has 0 spiro atoms. The van der Waals surface area contributed by atoms with Crippen LogP contribution in [0.1, 0.15) is 38.3 Å². The van der Waals surface area contributed by atoms with Crippen LogP contribution in [0.5, 0.6) is 23.0 Å². The number of ether oxygens (including phenoxy) is 4. The molecular formula is C33H36Br2F3NaO7. The van der Waals surface area contributed by atoms with Gasteiger partial charge in [-0.1, -0.05) is 39.3 Å². The Morgan fingerprint density at radius 1 is 0.761 bits per heavy atom. The molecule has 1 heterocycles. The molecule has 246 valence electrons. The maximum absolute atomic E-state index is 12.8.